The number of carbonyl (C=O) groups is 1. The number of halogens is 1. The van der Waals surface area contributed by atoms with Crippen LogP contribution in [0.3, 0.4) is 0 Å². The number of rotatable bonds is 7. The summed E-state index contributed by atoms with van der Waals surface area (Å²) in [5.41, 5.74) is 1.56. The second-order valence-corrected chi connectivity index (χ2v) is 8.48. The minimum Gasteiger partial charge on any atom is -0.489 e. The van der Waals surface area contributed by atoms with E-state index < -0.39 is 0 Å². The fraction of sp³-hybridized carbons (Fsp3) is 0.545. The zero-order valence-electron chi connectivity index (χ0n) is 16.7. The Bertz CT molecular complexity index is 797. The van der Waals surface area contributed by atoms with Crippen molar-refractivity contribution in [2.75, 3.05) is 19.6 Å². The Morgan fingerprint density at radius 2 is 2.03 bits per heavy atom. The van der Waals surface area contributed by atoms with Gasteiger partial charge in [0.15, 0.2) is 0 Å². The van der Waals surface area contributed by atoms with Gasteiger partial charge in [-0.1, -0.05) is 24.4 Å². The lowest BCUT2D eigenvalue weighted by Gasteiger charge is -2.36. The van der Waals surface area contributed by atoms with Crippen LogP contribution >= 0.6 is 11.6 Å². The molecule has 2 heterocycles. The van der Waals surface area contributed by atoms with Gasteiger partial charge in [-0.2, -0.15) is 5.10 Å². The fourth-order valence-electron chi connectivity index (χ4n) is 4.42. The third-order valence-corrected chi connectivity index (χ3v) is 6.29. The highest BCUT2D eigenvalue weighted by Crippen LogP contribution is 2.29. The Labute approximate surface area is 177 Å². The van der Waals surface area contributed by atoms with E-state index in [9.17, 15) is 4.79 Å². The van der Waals surface area contributed by atoms with Gasteiger partial charge in [-0.25, -0.2) is 0 Å². The molecule has 29 heavy (non-hydrogen) atoms. The third kappa shape index (κ3) is 5.31. The average molecular weight is 417 g/mol. The van der Waals surface area contributed by atoms with E-state index in [0.717, 1.165) is 44.0 Å². The molecule has 1 saturated heterocycles. The standard InChI is InChI=1S/C22H29ClN4O2/c23-17-5-6-21(20(13-17)22(28)24-10-7-16-14-25-26-15-16)29-19-8-11-27(12-9-19)18-3-1-2-4-18/h5-6,13-15,18-19H,1-4,7-12H2,(H,24,28)(H,25,26). The number of hydrogen-bond donors (Lipinski definition) is 2. The predicted molar refractivity (Wildman–Crippen MR) is 114 cm³/mol. The van der Waals surface area contributed by atoms with Crippen LogP contribution in [0.2, 0.25) is 5.02 Å². The van der Waals surface area contributed by atoms with E-state index in [4.69, 9.17) is 16.3 Å². The molecule has 1 aliphatic carbocycles. The van der Waals surface area contributed by atoms with Crippen LogP contribution in [0.1, 0.15) is 54.4 Å². The summed E-state index contributed by atoms with van der Waals surface area (Å²) in [4.78, 5) is 15.4. The maximum absolute atomic E-state index is 12.7. The van der Waals surface area contributed by atoms with E-state index in [0.29, 0.717) is 22.9 Å². The number of H-pyrrole nitrogens is 1. The van der Waals surface area contributed by atoms with E-state index in [1.54, 1.807) is 18.3 Å². The van der Waals surface area contributed by atoms with Gasteiger partial charge in [-0.05, 0) is 55.9 Å². The lowest BCUT2D eigenvalue weighted by molar-refractivity contribution is 0.0750. The van der Waals surface area contributed by atoms with Gasteiger partial charge in [-0.15, -0.1) is 0 Å². The number of benzene rings is 1. The van der Waals surface area contributed by atoms with Crippen molar-refractivity contribution in [2.45, 2.75) is 57.1 Å². The first-order valence-corrected chi connectivity index (χ1v) is 11.0. The summed E-state index contributed by atoms with van der Waals surface area (Å²) in [6, 6.07) is 6.06. The number of nitrogens with zero attached hydrogens (tertiary/aromatic N) is 2. The normalized spacial score (nSPS) is 18.8. The molecule has 1 aromatic heterocycles. The molecule has 0 bridgehead atoms. The van der Waals surface area contributed by atoms with Crippen LogP contribution in [-0.4, -0.2) is 52.8 Å². The minimum atomic E-state index is -0.158. The molecule has 1 aliphatic heterocycles. The molecule has 0 unspecified atom stereocenters. The highest BCUT2D eigenvalue weighted by Gasteiger charge is 2.28. The first-order valence-electron chi connectivity index (χ1n) is 10.6. The van der Waals surface area contributed by atoms with Gasteiger partial charge >= 0.3 is 0 Å². The number of amides is 1. The molecule has 0 atom stereocenters. The largest absolute Gasteiger partial charge is 0.489 e. The van der Waals surface area contributed by atoms with Crippen LogP contribution in [0, 0.1) is 0 Å². The summed E-state index contributed by atoms with van der Waals surface area (Å²) in [7, 11) is 0. The number of carbonyl (C=O) groups excluding carboxylic acids is 1. The fourth-order valence-corrected chi connectivity index (χ4v) is 4.59. The molecule has 1 amide bonds. The number of aromatic amines is 1. The van der Waals surface area contributed by atoms with E-state index >= 15 is 0 Å². The maximum Gasteiger partial charge on any atom is 0.255 e. The van der Waals surface area contributed by atoms with Gasteiger partial charge in [0.1, 0.15) is 11.9 Å². The molecule has 7 heteroatoms. The molecule has 2 aliphatic rings. The van der Waals surface area contributed by atoms with E-state index in [2.05, 4.69) is 20.4 Å². The van der Waals surface area contributed by atoms with Gasteiger partial charge in [0.2, 0.25) is 0 Å². The molecule has 2 aromatic rings. The molecule has 2 fully saturated rings. The van der Waals surface area contributed by atoms with Crippen molar-refractivity contribution in [1.29, 1.82) is 0 Å². The summed E-state index contributed by atoms with van der Waals surface area (Å²) >= 11 is 6.16. The molecule has 4 rings (SSSR count). The van der Waals surface area contributed by atoms with Crippen molar-refractivity contribution in [3.63, 3.8) is 0 Å². The highest BCUT2D eigenvalue weighted by atomic mass is 35.5. The Morgan fingerprint density at radius 3 is 2.76 bits per heavy atom. The molecule has 1 aromatic carbocycles. The Kier molecular flexibility index (Phi) is 6.72. The molecule has 0 spiro atoms. The maximum atomic E-state index is 12.7. The van der Waals surface area contributed by atoms with Gasteiger partial charge in [-0.3, -0.25) is 9.89 Å². The van der Waals surface area contributed by atoms with Crippen LogP contribution in [0.4, 0.5) is 0 Å². The Hall–Kier alpha value is -2.05. The lowest BCUT2D eigenvalue weighted by Crippen LogP contribution is -2.43. The molecule has 1 saturated carbocycles. The van der Waals surface area contributed by atoms with E-state index in [1.165, 1.54) is 25.7 Å². The Balaban J connectivity index is 1.33. The lowest BCUT2D eigenvalue weighted by atomic mass is 10.0. The zero-order chi connectivity index (χ0) is 20.1. The highest BCUT2D eigenvalue weighted by molar-refractivity contribution is 6.31. The second-order valence-electron chi connectivity index (χ2n) is 8.04. The van der Waals surface area contributed by atoms with Crippen LogP contribution in [0.25, 0.3) is 0 Å². The van der Waals surface area contributed by atoms with Gasteiger partial charge in [0.05, 0.1) is 11.8 Å². The number of likely N-dealkylation sites (tertiary alicyclic amines) is 1. The second kappa shape index (κ2) is 9.63. The van der Waals surface area contributed by atoms with E-state index in [-0.39, 0.29) is 12.0 Å². The van der Waals surface area contributed by atoms with Crippen molar-refractivity contribution < 1.29 is 9.53 Å². The topological polar surface area (TPSA) is 70.2 Å². The van der Waals surface area contributed by atoms with Crippen LogP contribution in [-0.2, 0) is 6.42 Å². The molecule has 156 valence electrons. The van der Waals surface area contributed by atoms with E-state index in [1.807, 2.05) is 12.3 Å². The summed E-state index contributed by atoms with van der Waals surface area (Å²) in [6.45, 7) is 2.69. The first-order chi connectivity index (χ1) is 14.2. The van der Waals surface area contributed by atoms with Crippen molar-refractivity contribution in [1.82, 2.24) is 20.4 Å². The number of piperidine rings is 1. The quantitative estimate of drug-likeness (QED) is 0.719. The molecule has 0 radical (unpaired) electrons. The van der Waals surface area contributed by atoms with Gasteiger partial charge in [0.25, 0.3) is 5.91 Å². The zero-order valence-corrected chi connectivity index (χ0v) is 17.5. The SMILES string of the molecule is O=C(NCCc1cn[nH]c1)c1cc(Cl)ccc1OC1CCN(C2CCCC2)CC1. The summed E-state index contributed by atoms with van der Waals surface area (Å²) in [5, 5.41) is 10.2. The number of ether oxygens (including phenoxy) is 1. The molecular weight excluding hydrogens is 388 g/mol. The van der Waals surface area contributed by atoms with Crippen LogP contribution < -0.4 is 10.1 Å². The molecular formula is C22H29ClN4O2. The molecule has 6 nitrogen and oxygen atoms in total. The van der Waals surface area contributed by atoms with Gasteiger partial charge < -0.3 is 15.0 Å². The van der Waals surface area contributed by atoms with Crippen molar-refractivity contribution in [2.24, 2.45) is 0 Å². The van der Waals surface area contributed by atoms with Crippen molar-refractivity contribution >= 4 is 17.5 Å². The van der Waals surface area contributed by atoms with Gasteiger partial charge in [0, 0.05) is 36.9 Å². The first kappa shape index (κ1) is 20.2. The number of nitrogens with one attached hydrogen (secondary N) is 2. The Morgan fingerprint density at radius 1 is 1.24 bits per heavy atom. The third-order valence-electron chi connectivity index (χ3n) is 6.05. The minimum absolute atomic E-state index is 0.145. The van der Waals surface area contributed by atoms with Crippen molar-refractivity contribution in [3.8, 4) is 5.75 Å². The number of hydrogen-bond acceptors (Lipinski definition) is 4. The van der Waals surface area contributed by atoms with Crippen LogP contribution in [0.5, 0.6) is 5.75 Å². The van der Waals surface area contributed by atoms with Crippen molar-refractivity contribution in [3.05, 3.63) is 46.7 Å². The molecule has 2 N–H and O–H groups in total. The smallest absolute Gasteiger partial charge is 0.255 e. The number of aromatic nitrogens is 2. The summed E-state index contributed by atoms with van der Waals surface area (Å²) < 4.78 is 6.26. The summed E-state index contributed by atoms with van der Waals surface area (Å²) in [6.07, 6.45) is 11.9. The average Bonchev–Trinajstić information content (AvgIpc) is 3.44. The van der Waals surface area contributed by atoms with Crippen LogP contribution in [0.15, 0.2) is 30.6 Å². The predicted octanol–water partition coefficient (Wildman–Crippen LogP) is 3.82. The monoisotopic (exact) mass is 416 g/mol. The summed E-state index contributed by atoms with van der Waals surface area (Å²) in [5.74, 6) is 0.462.